The molecule has 168 valence electrons. The van der Waals surface area contributed by atoms with Crippen molar-refractivity contribution >= 4 is 34.8 Å². The van der Waals surface area contributed by atoms with Crippen LogP contribution >= 0.6 is 0 Å². The lowest BCUT2D eigenvalue weighted by atomic mass is 10.0. The molecule has 1 fully saturated rings. The number of carbonyl (C=O) groups is 3. The van der Waals surface area contributed by atoms with E-state index in [9.17, 15) is 14.4 Å². The molecule has 6 nitrogen and oxygen atoms in total. The molecule has 3 aromatic carbocycles. The van der Waals surface area contributed by atoms with Gasteiger partial charge in [0.05, 0.1) is 5.92 Å². The molecule has 33 heavy (non-hydrogen) atoms. The van der Waals surface area contributed by atoms with Crippen LogP contribution in [0.1, 0.15) is 42.1 Å². The molecule has 0 aromatic heterocycles. The Hall–Kier alpha value is -3.93. The van der Waals surface area contributed by atoms with Crippen LogP contribution in [0.4, 0.5) is 17.1 Å². The highest BCUT2D eigenvalue weighted by Crippen LogP contribution is 2.27. The molecule has 1 saturated heterocycles. The number of nitrogens with zero attached hydrogens (tertiary/aromatic N) is 1. The standard InChI is InChI=1S/C27H27N3O3/c1-18(2)19-8-6-12-23(14-19)29-27(33)21-16-25(31)30(17-21)24-13-7-9-20(15-24)26(32)28-22-10-4-3-5-11-22/h3-15,18,21H,16-17H2,1-2H3,(H,28,32)(H,29,33)/t21-/m1/s1. The highest BCUT2D eigenvalue weighted by molar-refractivity contribution is 6.07. The summed E-state index contributed by atoms with van der Waals surface area (Å²) in [7, 11) is 0. The van der Waals surface area contributed by atoms with E-state index in [0.717, 1.165) is 11.3 Å². The van der Waals surface area contributed by atoms with Crippen LogP contribution in [-0.2, 0) is 9.59 Å². The third-order valence-corrected chi connectivity index (χ3v) is 5.77. The summed E-state index contributed by atoms with van der Waals surface area (Å²) in [5, 5.41) is 5.79. The van der Waals surface area contributed by atoms with E-state index in [0.29, 0.717) is 22.9 Å². The number of hydrogen-bond acceptors (Lipinski definition) is 3. The van der Waals surface area contributed by atoms with Crippen LogP contribution in [0.25, 0.3) is 0 Å². The molecule has 1 aliphatic heterocycles. The number of anilines is 3. The highest BCUT2D eigenvalue weighted by atomic mass is 16.2. The number of nitrogens with one attached hydrogen (secondary N) is 2. The van der Waals surface area contributed by atoms with Crippen LogP contribution in [0, 0.1) is 5.92 Å². The summed E-state index contributed by atoms with van der Waals surface area (Å²) >= 11 is 0. The number of para-hydroxylation sites is 1. The minimum atomic E-state index is -0.456. The minimum absolute atomic E-state index is 0.133. The molecule has 1 aliphatic rings. The summed E-state index contributed by atoms with van der Waals surface area (Å²) in [5.74, 6) is -0.663. The maximum absolute atomic E-state index is 12.8. The average Bonchev–Trinajstić information content (AvgIpc) is 3.22. The Bertz CT molecular complexity index is 1170. The van der Waals surface area contributed by atoms with Gasteiger partial charge in [-0.15, -0.1) is 0 Å². The topological polar surface area (TPSA) is 78.5 Å². The molecule has 2 N–H and O–H groups in total. The van der Waals surface area contributed by atoms with Crippen molar-refractivity contribution in [3.63, 3.8) is 0 Å². The van der Waals surface area contributed by atoms with Crippen LogP contribution in [-0.4, -0.2) is 24.3 Å². The van der Waals surface area contributed by atoms with Crippen molar-refractivity contribution in [3.8, 4) is 0 Å². The largest absolute Gasteiger partial charge is 0.326 e. The van der Waals surface area contributed by atoms with E-state index in [-0.39, 0.29) is 30.7 Å². The van der Waals surface area contributed by atoms with Gasteiger partial charge in [0, 0.05) is 35.6 Å². The summed E-state index contributed by atoms with van der Waals surface area (Å²) in [6.07, 6.45) is 0.135. The third kappa shape index (κ3) is 5.29. The fraction of sp³-hybridized carbons (Fsp3) is 0.222. The van der Waals surface area contributed by atoms with Crippen LogP contribution in [0.3, 0.4) is 0 Å². The number of hydrogen-bond donors (Lipinski definition) is 2. The predicted molar refractivity (Wildman–Crippen MR) is 130 cm³/mol. The lowest BCUT2D eigenvalue weighted by Gasteiger charge is -2.18. The normalized spacial score (nSPS) is 15.5. The summed E-state index contributed by atoms with van der Waals surface area (Å²) in [4.78, 5) is 39.8. The van der Waals surface area contributed by atoms with Crippen LogP contribution in [0.15, 0.2) is 78.9 Å². The number of amides is 3. The van der Waals surface area contributed by atoms with E-state index in [1.54, 1.807) is 29.2 Å². The van der Waals surface area contributed by atoms with Gasteiger partial charge in [-0.2, -0.15) is 0 Å². The second kappa shape index (κ2) is 9.69. The van der Waals surface area contributed by atoms with Gasteiger partial charge in [0.15, 0.2) is 0 Å². The Morgan fingerprint density at radius 1 is 0.879 bits per heavy atom. The molecule has 4 rings (SSSR count). The van der Waals surface area contributed by atoms with Crippen LogP contribution < -0.4 is 15.5 Å². The lowest BCUT2D eigenvalue weighted by Crippen LogP contribution is -2.28. The van der Waals surface area contributed by atoms with E-state index >= 15 is 0 Å². The third-order valence-electron chi connectivity index (χ3n) is 5.77. The van der Waals surface area contributed by atoms with Gasteiger partial charge >= 0.3 is 0 Å². The Morgan fingerprint density at radius 2 is 1.61 bits per heavy atom. The van der Waals surface area contributed by atoms with E-state index < -0.39 is 5.92 Å². The monoisotopic (exact) mass is 441 g/mol. The van der Waals surface area contributed by atoms with Crippen molar-refractivity contribution in [2.45, 2.75) is 26.2 Å². The molecule has 0 radical (unpaired) electrons. The van der Waals surface area contributed by atoms with Crippen molar-refractivity contribution in [1.29, 1.82) is 0 Å². The zero-order valence-corrected chi connectivity index (χ0v) is 18.7. The number of rotatable bonds is 6. The molecule has 0 saturated carbocycles. The number of benzene rings is 3. The zero-order chi connectivity index (χ0) is 23.4. The molecule has 0 aliphatic carbocycles. The molecular weight excluding hydrogens is 414 g/mol. The van der Waals surface area contributed by atoms with Gasteiger partial charge in [0.25, 0.3) is 5.91 Å². The Balaban J connectivity index is 1.44. The fourth-order valence-corrected chi connectivity index (χ4v) is 3.89. The van der Waals surface area contributed by atoms with Gasteiger partial charge in [-0.25, -0.2) is 0 Å². The molecule has 1 heterocycles. The van der Waals surface area contributed by atoms with Gasteiger partial charge in [0.2, 0.25) is 11.8 Å². The first-order chi connectivity index (χ1) is 15.9. The summed E-state index contributed by atoms with van der Waals surface area (Å²) in [6, 6.07) is 23.9. The summed E-state index contributed by atoms with van der Waals surface area (Å²) in [6.45, 7) is 4.48. The molecule has 0 spiro atoms. The summed E-state index contributed by atoms with van der Waals surface area (Å²) < 4.78 is 0. The maximum Gasteiger partial charge on any atom is 0.255 e. The summed E-state index contributed by atoms with van der Waals surface area (Å²) in [5.41, 5.74) is 3.63. The van der Waals surface area contributed by atoms with Gasteiger partial charge in [0.1, 0.15) is 0 Å². The first-order valence-corrected chi connectivity index (χ1v) is 11.1. The minimum Gasteiger partial charge on any atom is -0.326 e. The highest BCUT2D eigenvalue weighted by Gasteiger charge is 2.35. The first kappa shape index (κ1) is 22.3. The molecule has 3 aromatic rings. The van der Waals surface area contributed by atoms with Crippen LogP contribution in [0.5, 0.6) is 0 Å². The van der Waals surface area contributed by atoms with Crippen molar-refractivity contribution < 1.29 is 14.4 Å². The van der Waals surface area contributed by atoms with Crippen molar-refractivity contribution in [3.05, 3.63) is 90.0 Å². The molecular formula is C27H27N3O3. The Morgan fingerprint density at radius 3 is 2.36 bits per heavy atom. The molecule has 6 heteroatoms. The van der Waals surface area contributed by atoms with Crippen molar-refractivity contribution in [1.82, 2.24) is 0 Å². The van der Waals surface area contributed by atoms with Gasteiger partial charge in [-0.3, -0.25) is 14.4 Å². The van der Waals surface area contributed by atoms with Crippen LogP contribution in [0.2, 0.25) is 0 Å². The van der Waals surface area contributed by atoms with Crippen molar-refractivity contribution in [2.24, 2.45) is 5.92 Å². The van der Waals surface area contributed by atoms with E-state index in [1.807, 2.05) is 54.6 Å². The molecule has 3 amide bonds. The smallest absolute Gasteiger partial charge is 0.255 e. The van der Waals surface area contributed by atoms with Crippen molar-refractivity contribution in [2.75, 3.05) is 22.1 Å². The first-order valence-electron chi connectivity index (χ1n) is 11.1. The SMILES string of the molecule is CC(C)c1cccc(NC(=O)[C@@H]2CC(=O)N(c3cccc(C(=O)Nc4ccccc4)c3)C2)c1. The van der Waals surface area contributed by atoms with Gasteiger partial charge in [-0.05, 0) is 53.9 Å². The van der Waals surface area contributed by atoms with E-state index in [1.165, 1.54) is 0 Å². The zero-order valence-electron chi connectivity index (χ0n) is 18.7. The van der Waals surface area contributed by atoms with E-state index in [2.05, 4.69) is 24.5 Å². The van der Waals surface area contributed by atoms with Gasteiger partial charge < -0.3 is 15.5 Å². The maximum atomic E-state index is 12.8. The fourth-order valence-electron chi connectivity index (χ4n) is 3.89. The molecule has 0 bridgehead atoms. The second-order valence-corrected chi connectivity index (χ2v) is 8.55. The predicted octanol–water partition coefficient (Wildman–Crippen LogP) is 5.05. The van der Waals surface area contributed by atoms with E-state index in [4.69, 9.17) is 0 Å². The average molecular weight is 442 g/mol. The second-order valence-electron chi connectivity index (χ2n) is 8.55. The Labute approximate surface area is 193 Å². The van der Waals surface area contributed by atoms with Gasteiger partial charge in [-0.1, -0.05) is 50.2 Å². The quantitative estimate of drug-likeness (QED) is 0.562. The Kier molecular flexibility index (Phi) is 6.54. The molecule has 0 unspecified atom stereocenters. The lowest BCUT2D eigenvalue weighted by molar-refractivity contribution is -0.122. The number of carbonyl (C=O) groups excluding carboxylic acids is 3. The molecule has 1 atom stereocenters.